The Morgan fingerprint density at radius 2 is 1.98 bits per heavy atom. The van der Waals surface area contributed by atoms with Gasteiger partial charge in [-0.3, -0.25) is 9.59 Å². The number of pyridine rings is 1. The fourth-order valence-electron chi connectivity index (χ4n) is 6.68. The molecule has 4 rings (SSSR count). The van der Waals surface area contributed by atoms with Gasteiger partial charge in [0.15, 0.2) is 0 Å². The number of morpholine rings is 1. The van der Waals surface area contributed by atoms with Crippen LogP contribution in [-0.4, -0.2) is 52.5 Å². The van der Waals surface area contributed by atoms with E-state index < -0.39 is 0 Å². The first-order valence-corrected chi connectivity index (χ1v) is 16.0. The Labute approximate surface area is 251 Å². The number of hydrogen-bond donors (Lipinski definition) is 3. The Bertz CT molecular complexity index is 1310. The molecule has 0 radical (unpaired) electrons. The van der Waals surface area contributed by atoms with Crippen LogP contribution in [0.2, 0.25) is 0 Å². The normalized spacial score (nSPS) is 19.1. The number of amidine groups is 1. The number of nitrogens with zero attached hydrogens (tertiary/aromatic N) is 2. The average molecular weight is 578 g/mol. The van der Waals surface area contributed by atoms with Crippen molar-refractivity contribution < 1.29 is 9.53 Å². The number of aryl methyl sites for hydroxylation is 1. The van der Waals surface area contributed by atoms with Crippen LogP contribution >= 0.6 is 0 Å². The van der Waals surface area contributed by atoms with Gasteiger partial charge in [0.1, 0.15) is 11.4 Å². The number of aliphatic imine (C=N–C) groups is 1. The molecule has 2 unspecified atom stereocenters. The highest BCUT2D eigenvalue weighted by Crippen LogP contribution is 2.36. The van der Waals surface area contributed by atoms with E-state index in [0.717, 1.165) is 69.8 Å². The van der Waals surface area contributed by atoms with Crippen LogP contribution in [0.25, 0.3) is 0 Å². The standard InChI is InChI=1S/C34H51N5O3/c1-6-15-33(8-3,18-13-24(4)7-2)38-28-14-19-36-31(40)29(28)30(35)37-26-11-12-27(25(5)22-26)32(41)39-20-21-42-34(23-39)16-9-10-17-34/h11-12,14,19,22,24H,6-10,13,15-18,20-21,23H2,1-5H3,(H2,35,37)(H2,36,38,40). The topological polar surface area (TPSA) is 113 Å². The van der Waals surface area contributed by atoms with E-state index in [1.807, 2.05) is 36.1 Å². The second-order valence-corrected chi connectivity index (χ2v) is 12.6. The Hall–Kier alpha value is -3.13. The largest absolute Gasteiger partial charge is 0.383 e. The second-order valence-electron chi connectivity index (χ2n) is 12.6. The zero-order valence-corrected chi connectivity index (χ0v) is 26.4. The molecule has 2 atom stereocenters. The van der Waals surface area contributed by atoms with Crippen LogP contribution in [-0.2, 0) is 4.74 Å². The summed E-state index contributed by atoms with van der Waals surface area (Å²) in [7, 11) is 0. The number of anilines is 1. The van der Waals surface area contributed by atoms with Gasteiger partial charge in [-0.05, 0) is 81.2 Å². The molecular weight excluding hydrogens is 526 g/mol. The number of carbonyl (C=O) groups excluding carboxylic acids is 1. The van der Waals surface area contributed by atoms with Crippen LogP contribution < -0.4 is 16.6 Å². The van der Waals surface area contributed by atoms with Crippen LogP contribution in [0.1, 0.15) is 113 Å². The molecule has 2 aromatic rings. The van der Waals surface area contributed by atoms with Crippen molar-refractivity contribution in [2.24, 2.45) is 16.6 Å². The minimum atomic E-state index is -0.277. The van der Waals surface area contributed by atoms with Crippen molar-refractivity contribution >= 4 is 23.1 Å². The summed E-state index contributed by atoms with van der Waals surface area (Å²) < 4.78 is 6.12. The van der Waals surface area contributed by atoms with Crippen molar-refractivity contribution in [1.29, 1.82) is 0 Å². The van der Waals surface area contributed by atoms with Crippen LogP contribution in [0, 0.1) is 12.8 Å². The lowest BCUT2D eigenvalue weighted by Gasteiger charge is -2.40. The van der Waals surface area contributed by atoms with Gasteiger partial charge in [-0.1, -0.05) is 53.4 Å². The molecule has 1 aliphatic heterocycles. The van der Waals surface area contributed by atoms with E-state index in [-0.39, 0.29) is 28.4 Å². The molecule has 1 aromatic heterocycles. The monoisotopic (exact) mass is 577 g/mol. The van der Waals surface area contributed by atoms with Gasteiger partial charge in [0.2, 0.25) is 0 Å². The highest BCUT2D eigenvalue weighted by atomic mass is 16.5. The summed E-state index contributed by atoms with van der Waals surface area (Å²) in [6.07, 6.45) is 12.3. The molecule has 42 heavy (non-hydrogen) atoms. The summed E-state index contributed by atoms with van der Waals surface area (Å²) in [4.78, 5) is 36.0. The number of aromatic nitrogens is 1. The zero-order valence-electron chi connectivity index (χ0n) is 26.4. The predicted molar refractivity (Wildman–Crippen MR) is 172 cm³/mol. The third-order valence-corrected chi connectivity index (χ3v) is 9.58. The van der Waals surface area contributed by atoms with Gasteiger partial charge in [-0.15, -0.1) is 0 Å². The number of aromatic amines is 1. The number of amides is 1. The van der Waals surface area contributed by atoms with E-state index in [1.54, 1.807) is 6.20 Å². The maximum Gasteiger partial charge on any atom is 0.261 e. The highest BCUT2D eigenvalue weighted by molar-refractivity contribution is 6.03. The summed E-state index contributed by atoms with van der Waals surface area (Å²) in [5.74, 6) is 0.823. The number of benzene rings is 1. The van der Waals surface area contributed by atoms with Crippen molar-refractivity contribution in [2.45, 2.75) is 110 Å². The minimum absolute atomic E-state index is 0.0285. The van der Waals surface area contributed by atoms with Crippen LogP contribution in [0.3, 0.4) is 0 Å². The number of nitrogens with two attached hydrogens (primary N) is 1. The number of ether oxygens (including phenoxy) is 1. The van der Waals surface area contributed by atoms with Crippen molar-refractivity contribution in [3.8, 4) is 0 Å². The Morgan fingerprint density at radius 3 is 2.64 bits per heavy atom. The first-order chi connectivity index (χ1) is 20.1. The molecule has 1 amide bonds. The van der Waals surface area contributed by atoms with Crippen molar-refractivity contribution in [3.63, 3.8) is 0 Å². The number of nitrogens with one attached hydrogen (secondary N) is 2. The smallest absolute Gasteiger partial charge is 0.261 e. The van der Waals surface area contributed by atoms with Gasteiger partial charge in [-0.25, -0.2) is 4.99 Å². The van der Waals surface area contributed by atoms with Gasteiger partial charge in [0.05, 0.1) is 30.1 Å². The number of carbonyl (C=O) groups is 1. The van der Waals surface area contributed by atoms with E-state index in [9.17, 15) is 9.59 Å². The lowest BCUT2D eigenvalue weighted by atomic mass is 9.82. The molecule has 8 nitrogen and oxygen atoms in total. The Kier molecular flexibility index (Phi) is 10.5. The number of hydrogen-bond acceptors (Lipinski definition) is 5. The van der Waals surface area contributed by atoms with E-state index >= 15 is 0 Å². The molecule has 1 saturated carbocycles. The first-order valence-electron chi connectivity index (χ1n) is 16.0. The first kappa shape index (κ1) is 31.8. The summed E-state index contributed by atoms with van der Waals surface area (Å²) in [5, 5.41) is 3.75. The molecule has 2 aliphatic rings. The van der Waals surface area contributed by atoms with E-state index in [4.69, 9.17) is 10.5 Å². The molecule has 4 N–H and O–H groups in total. The molecule has 8 heteroatoms. The van der Waals surface area contributed by atoms with Gasteiger partial charge in [0, 0.05) is 23.8 Å². The minimum Gasteiger partial charge on any atom is -0.383 e. The molecule has 2 fully saturated rings. The van der Waals surface area contributed by atoms with Crippen molar-refractivity contribution in [1.82, 2.24) is 9.88 Å². The van der Waals surface area contributed by atoms with Crippen molar-refractivity contribution in [2.75, 3.05) is 25.0 Å². The van der Waals surface area contributed by atoms with Crippen molar-refractivity contribution in [3.05, 3.63) is 57.5 Å². The Balaban J connectivity index is 1.57. The number of H-pyrrole nitrogens is 1. The third-order valence-electron chi connectivity index (χ3n) is 9.58. The summed E-state index contributed by atoms with van der Waals surface area (Å²) in [6, 6.07) is 7.39. The molecular formula is C34H51N5O3. The van der Waals surface area contributed by atoms with E-state index in [1.165, 1.54) is 0 Å². The molecule has 1 spiro atoms. The van der Waals surface area contributed by atoms with E-state index in [2.05, 4.69) is 43.0 Å². The lowest BCUT2D eigenvalue weighted by molar-refractivity contribution is -0.0948. The number of rotatable bonds is 12. The fourth-order valence-corrected chi connectivity index (χ4v) is 6.68. The summed E-state index contributed by atoms with van der Waals surface area (Å²) in [5.41, 5.74) is 9.12. The fraction of sp³-hybridized carbons (Fsp3) is 0.618. The quantitative estimate of drug-likeness (QED) is 0.192. The van der Waals surface area contributed by atoms with Crippen LogP contribution in [0.4, 0.5) is 11.4 Å². The molecule has 2 heterocycles. The zero-order chi connectivity index (χ0) is 30.3. The maximum absolute atomic E-state index is 13.5. The molecule has 1 aliphatic carbocycles. The maximum atomic E-state index is 13.5. The molecule has 230 valence electrons. The Morgan fingerprint density at radius 1 is 1.21 bits per heavy atom. The third kappa shape index (κ3) is 7.25. The van der Waals surface area contributed by atoms with Gasteiger partial charge in [0.25, 0.3) is 11.5 Å². The predicted octanol–water partition coefficient (Wildman–Crippen LogP) is 6.69. The highest BCUT2D eigenvalue weighted by Gasteiger charge is 2.41. The van der Waals surface area contributed by atoms with Gasteiger partial charge >= 0.3 is 0 Å². The molecule has 0 bridgehead atoms. The van der Waals surface area contributed by atoms with E-state index in [0.29, 0.717) is 48.1 Å². The van der Waals surface area contributed by atoms with Gasteiger partial charge in [-0.2, -0.15) is 0 Å². The summed E-state index contributed by atoms with van der Waals surface area (Å²) >= 11 is 0. The SMILES string of the molecule is CCCC(CC)(CCC(C)CC)Nc1cc[nH]c(=O)c1C(N)=Nc1ccc(C(=O)N2CCOC3(CCCC3)C2)c(C)c1. The van der Waals surface area contributed by atoms with Gasteiger partial charge < -0.3 is 25.7 Å². The lowest BCUT2D eigenvalue weighted by Crippen LogP contribution is -2.52. The molecule has 1 saturated heterocycles. The van der Waals surface area contributed by atoms with Crippen LogP contribution in [0.5, 0.6) is 0 Å². The second kappa shape index (κ2) is 13.9. The molecule has 1 aromatic carbocycles. The van der Waals surface area contributed by atoms with Crippen LogP contribution in [0.15, 0.2) is 40.2 Å². The summed E-state index contributed by atoms with van der Waals surface area (Å²) in [6.45, 7) is 12.7. The average Bonchev–Trinajstić information content (AvgIpc) is 3.42.